The van der Waals surface area contributed by atoms with E-state index in [1.165, 1.54) is 12.3 Å². The number of piperazine rings is 1. The Balaban J connectivity index is 1.90. The van der Waals surface area contributed by atoms with Gasteiger partial charge >= 0.3 is 0 Å². The number of hydrogen-bond donors (Lipinski definition) is 0. The lowest BCUT2D eigenvalue weighted by Gasteiger charge is -2.32. The van der Waals surface area contributed by atoms with Gasteiger partial charge in [0.15, 0.2) is 11.6 Å². The van der Waals surface area contributed by atoms with Crippen molar-refractivity contribution in [3.8, 4) is 0 Å². The summed E-state index contributed by atoms with van der Waals surface area (Å²) in [5.74, 6) is -2.31. The monoisotopic (exact) mass is 386 g/mol. The molecule has 28 heavy (non-hydrogen) atoms. The first-order chi connectivity index (χ1) is 13.4. The standard InChI is InChI=1S/C20H20F2N4O2/c1-3-25-11-14(20(28)26-6-4-24(2)5-7-26)18(27)13-8-12-9-15(21)16(22)10-17(12)23-19(13)25/h8-11H,3-7H2,1-2H3. The molecule has 0 N–H and O–H groups in total. The van der Waals surface area contributed by atoms with Crippen LogP contribution in [0.5, 0.6) is 0 Å². The fraction of sp³-hybridized carbons (Fsp3) is 0.350. The van der Waals surface area contributed by atoms with Crippen LogP contribution < -0.4 is 5.43 Å². The molecule has 3 heterocycles. The minimum absolute atomic E-state index is 0.0719. The molecule has 0 unspecified atom stereocenters. The number of aryl methyl sites for hydroxylation is 1. The number of halogens is 2. The molecule has 1 fully saturated rings. The molecule has 146 valence electrons. The molecule has 6 nitrogen and oxygen atoms in total. The molecule has 0 aliphatic carbocycles. The van der Waals surface area contributed by atoms with Gasteiger partial charge in [0.25, 0.3) is 5.91 Å². The lowest BCUT2D eigenvalue weighted by molar-refractivity contribution is 0.0662. The average Bonchev–Trinajstić information content (AvgIpc) is 2.68. The van der Waals surface area contributed by atoms with Gasteiger partial charge in [-0.2, -0.15) is 0 Å². The van der Waals surface area contributed by atoms with E-state index in [2.05, 4.69) is 9.88 Å². The molecule has 1 aromatic carbocycles. The van der Waals surface area contributed by atoms with Gasteiger partial charge < -0.3 is 14.4 Å². The van der Waals surface area contributed by atoms with E-state index in [1.54, 1.807) is 9.47 Å². The quantitative estimate of drug-likeness (QED) is 0.634. The Morgan fingerprint density at radius 3 is 2.46 bits per heavy atom. The van der Waals surface area contributed by atoms with Crippen molar-refractivity contribution in [3.63, 3.8) is 0 Å². The Morgan fingerprint density at radius 2 is 1.79 bits per heavy atom. The third kappa shape index (κ3) is 3.03. The second-order valence-electron chi connectivity index (χ2n) is 7.07. The third-order valence-corrected chi connectivity index (χ3v) is 5.24. The molecular formula is C20H20F2N4O2. The van der Waals surface area contributed by atoms with Crippen molar-refractivity contribution in [1.29, 1.82) is 0 Å². The van der Waals surface area contributed by atoms with Gasteiger partial charge in [-0.25, -0.2) is 13.8 Å². The lowest BCUT2D eigenvalue weighted by Crippen LogP contribution is -2.48. The van der Waals surface area contributed by atoms with Crippen molar-refractivity contribution in [3.05, 3.63) is 51.8 Å². The molecular weight excluding hydrogens is 366 g/mol. The van der Waals surface area contributed by atoms with Crippen LogP contribution in [0, 0.1) is 11.6 Å². The van der Waals surface area contributed by atoms with Gasteiger partial charge in [-0.05, 0) is 26.1 Å². The second kappa shape index (κ2) is 6.94. The van der Waals surface area contributed by atoms with E-state index in [1.807, 2.05) is 14.0 Å². The maximum atomic E-state index is 13.6. The van der Waals surface area contributed by atoms with Gasteiger partial charge in [-0.15, -0.1) is 0 Å². The Hall–Kier alpha value is -2.87. The highest BCUT2D eigenvalue weighted by molar-refractivity contribution is 5.99. The van der Waals surface area contributed by atoms with Crippen LogP contribution in [0.3, 0.4) is 0 Å². The zero-order valence-corrected chi connectivity index (χ0v) is 15.7. The van der Waals surface area contributed by atoms with E-state index >= 15 is 0 Å². The van der Waals surface area contributed by atoms with Crippen LogP contribution >= 0.6 is 0 Å². The van der Waals surface area contributed by atoms with Crippen LogP contribution in [0.1, 0.15) is 17.3 Å². The SMILES string of the molecule is CCn1cc(C(=O)N2CCN(C)CC2)c(=O)c2cc3cc(F)c(F)cc3nc21. The number of fused-ring (bicyclic) bond motifs is 2. The largest absolute Gasteiger partial charge is 0.336 e. The number of carbonyl (C=O) groups excluding carboxylic acids is 1. The predicted octanol–water partition coefficient (Wildman–Crippen LogP) is 2.24. The highest BCUT2D eigenvalue weighted by Gasteiger charge is 2.24. The maximum Gasteiger partial charge on any atom is 0.259 e. The van der Waals surface area contributed by atoms with Crippen LogP contribution in [0.2, 0.25) is 0 Å². The number of pyridine rings is 2. The smallest absolute Gasteiger partial charge is 0.259 e. The van der Waals surface area contributed by atoms with Crippen molar-refractivity contribution in [2.24, 2.45) is 0 Å². The molecule has 0 bridgehead atoms. The highest BCUT2D eigenvalue weighted by atomic mass is 19.2. The summed E-state index contributed by atoms with van der Waals surface area (Å²) in [4.78, 5) is 34.2. The first-order valence-electron chi connectivity index (χ1n) is 9.20. The molecule has 0 radical (unpaired) electrons. The number of hydrogen-bond acceptors (Lipinski definition) is 4. The zero-order valence-electron chi connectivity index (χ0n) is 15.7. The summed E-state index contributed by atoms with van der Waals surface area (Å²) in [5.41, 5.74) is 0.234. The predicted molar refractivity (Wildman–Crippen MR) is 102 cm³/mol. The number of benzene rings is 1. The van der Waals surface area contributed by atoms with Gasteiger partial charge in [-0.3, -0.25) is 9.59 Å². The van der Waals surface area contributed by atoms with Crippen molar-refractivity contribution < 1.29 is 13.6 Å². The van der Waals surface area contributed by atoms with Gasteiger partial charge in [-0.1, -0.05) is 0 Å². The molecule has 4 rings (SSSR count). The van der Waals surface area contributed by atoms with Gasteiger partial charge in [0.1, 0.15) is 11.2 Å². The molecule has 3 aromatic rings. The van der Waals surface area contributed by atoms with Crippen LogP contribution in [-0.2, 0) is 6.54 Å². The maximum absolute atomic E-state index is 13.6. The zero-order chi connectivity index (χ0) is 20.0. The molecule has 0 atom stereocenters. The summed E-state index contributed by atoms with van der Waals surface area (Å²) in [5, 5.41) is 0.538. The molecule has 0 saturated carbocycles. The number of amides is 1. The Labute approximate surface area is 160 Å². The summed E-state index contributed by atoms with van der Waals surface area (Å²) in [6, 6.07) is 3.51. The van der Waals surface area contributed by atoms with Crippen LogP contribution in [0.4, 0.5) is 8.78 Å². The Bertz CT molecular complexity index is 1150. The summed E-state index contributed by atoms with van der Waals surface area (Å²) in [7, 11) is 1.99. The van der Waals surface area contributed by atoms with Crippen molar-refractivity contribution >= 4 is 27.8 Å². The molecule has 2 aromatic heterocycles. The van der Waals surface area contributed by atoms with Crippen molar-refractivity contribution in [1.82, 2.24) is 19.4 Å². The Morgan fingerprint density at radius 1 is 1.11 bits per heavy atom. The van der Waals surface area contributed by atoms with Crippen molar-refractivity contribution in [2.75, 3.05) is 33.2 Å². The first-order valence-corrected chi connectivity index (χ1v) is 9.20. The van der Waals surface area contributed by atoms with Crippen molar-refractivity contribution in [2.45, 2.75) is 13.5 Å². The van der Waals surface area contributed by atoms with E-state index in [4.69, 9.17) is 0 Å². The van der Waals surface area contributed by atoms with Gasteiger partial charge in [0.2, 0.25) is 5.43 Å². The van der Waals surface area contributed by atoms with Crippen LogP contribution in [0.25, 0.3) is 21.9 Å². The number of rotatable bonds is 2. The summed E-state index contributed by atoms with van der Waals surface area (Å²) in [6.07, 6.45) is 1.52. The van der Waals surface area contributed by atoms with E-state index in [9.17, 15) is 18.4 Å². The minimum atomic E-state index is -1.01. The van der Waals surface area contributed by atoms with E-state index in [0.29, 0.717) is 30.7 Å². The normalized spacial score (nSPS) is 15.5. The van der Waals surface area contributed by atoms with Gasteiger partial charge in [0.05, 0.1) is 10.9 Å². The molecule has 1 saturated heterocycles. The molecule has 1 amide bonds. The topological polar surface area (TPSA) is 58.4 Å². The summed E-state index contributed by atoms with van der Waals surface area (Å²) in [6.45, 7) is 4.95. The number of likely N-dealkylation sites (N-methyl/N-ethyl adjacent to an activating group) is 1. The lowest BCUT2D eigenvalue weighted by atomic mass is 10.1. The van der Waals surface area contributed by atoms with Crippen LogP contribution in [0.15, 0.2) is 29.2 Å². The molecule has 8 heteroatoms. The highest BCUT2D eigenvalue weighted by Crippen LogP contribution is 2.21. The summed E-state index contributed by atoms with van der Waals surface area (Å²) < 4.78 is 28.9. The third-order valence-electron chi connectivity index (χ3n) is 5.24. The number of carbonyl (C=O) groups is 1. The fourth-order valence-electron chi connectivity index (χ4n) is 3.54. The van der Waals surface area contributed by atoms with E-state index in [-0.39, 0.29) is 22.4 Å². The van der Waals surface area contributed by atoms with Gasteiger partial charge in [0, 0.05) is 50.4 Å². The first kappa shape index (κ1) is 18.5. The average molecular weight is 386 g/mol. The van der Waals surface area contributed by atoms with E-state index < -0.39 is 17.1 Å². The number of aromatic nitrogens is 2. The van der Waals surface area contributed by atoms with E-state index in [0.717, 1.165) is 25.2 Å². The molecule has 0 spiro atoms. The fourth-order valence-corrected chi connectivity index (χ4v) is 3.54. The minimum Gasteiger partial charge on any atom is -0.336 e. The Kier molecular flexibility index (Phi) is 4.58. The second-order valence-corrected chi connectivity index (χ2v) is 7.07. The number of nitrogens with zero attached hydrogens (tertiary/aromatic N) is 4. The molecule has 1 aliphatic rings. The molecule has 1 aliphatic heterocycles. The summed E-state index contributed by atoms with van der Waals surface area (Å²) >= 11 is 0. The van der Waals surface area contributed by atoms with Crippen LogP contribution in [-0.4, -0.2) is 58.5 Å².